The molecule has 1 atom stereocenters. The van der Waals surface area contributed by atoms with E-state index >= 15 is 0 Å². The molecule has 4 rings (SSSR count). The lowest BCUT2D eigenvalue weighted by atomic mass is 9.99. The van der Waals surface area contributed by atoms with E-state index in [2.05, 4.69) is 53.3 Å². The standard InChI is InChI=1S/C31H40N4O3/c1-33(2)29(36)15-16-30(37)35-19-5-4-13-27(35)17-20-38-28-14-6-9-24(21-28)22-34(3)23-26-11-7-10-25-12-8-18-32-31(25)26/h6-12,14,18,21,27H,4-5,13,15-17,19-20,22-23H2,1-3H3/t27-/m1/s1. The van der Waals surface area contributed by atoms with Gasteiger partial charge in [0, 0.05) is 70.6 Å². The molecule has 0 bridgehead atoms. The molecule has 3 aromatic rings. The molecule has 0 N–H and O–H groups in total. The number of carbonyl (C=O) groups excluding carboxylic acids is 2. The largest absolute Gasteiger partial charge is 0.494 e. The van der Waals surface area contributed by atoms with E-state index in [-0.39, 0.29) is 30.7 Å². The number of benzene rings is 2. The molecule has 2 aromatic carbocycles. The van der Waals surface area contributed by atoms with Crippen molar-refractivity contribution in [3.63, 3.8) is 0 Å². The smallest absolute Gasteiger partial charge is 0.223 e. The predicted octanol–water partition coefficient (Wildman–Crippen LogP) is 4.89. The molecule has 0 spiro atoms. The highest BCUT2D eigenvalue weighted by Gasteiger charge is 2.26. The molecule has 202 valence electrons. The highest BCUT2D eigenvalue weighted by molar-refractivity contribution is 5.84. The second-order valence-electron chi connectivity index (χ2n) is 10.5. The molecule has 0 radical (unpaired) electrons. The molecule has 1 aliphatic heterocycles. The van der Waals surface area contributed by atoms with Crippen LogP contribution in [0.25, 0.3) is 10.9 Å². The van der Waals surface area contributed by atoms with E-state index in [1.807, 2.05) is 29.3 Å². The van der Waals surface area contributed by atoms with Gasteiger partial charge in [0.25, 0.3) is 0 Å². The maximum Gasteiger partial charge on any atom is 0.223 e. The van der Waals surface area contributed by atoms with E-state index in [9.17, 15) is 9.59 Å². The third-order valence-corrected chi connectivity index (χ3v) is 7.23. The summed E-state index contributed by atoms with van der Waals surface area (Å²) in [5.74, 6) is 0.930. The highest BCUT2D eigenvalue weighted by Crippen LogP contribution is 2.23. The summed E-state index contributed by atoms with van der Waals surface area (Å²) >= 11 is 0. The summed E-state index contributed by atoms with van der Waals surface area (Å²) < 4.78 is 6.14. The number of likely N-dealkylation sites (tertiary alicyclic amines) is 1. The number of fused-ring (bicyclic) bond motifs is 1. The van der Waals surface area contributed by atoms with Gasteiger partial charge in [0.1, 0.15) is 5.75 Å². The van der Waals surface area contributed by atoms with Crippen LogP contribution >= 0.6 is 0 Å². The van der Waals surface area contributed by atoms with Crippen LogP contribution in [0.15, 0.2) is 60.8 Å². The van der Waals surface area contributed by atoms with Crippen molar-refractivity contribution < 1.29 is 14.3 Å². The Balaban J connectivity index is 1.28. The fourth-order valence-corrected chi connectivity index (χ4v) is 5.21. The Bertz CT molecular complexity index is 1220. The van der Waals surface area contributed by atoms with Crippen LogP contribution in [0.1, 0.15) is 49.7 Å². The molecule has 1 aliphatic rings. The monoisotopic (exact) mass is 516 g/mol. The summed E-state index contributed by atoms with van der Waals surface area (Å²) in [5, 5.41) is 1.16. The van der Waals surface area contributed by atoms with Crippen LogP contribution in [0.2, 0.25) is 0 Å². The summed E-state index contributed by atoms with van der Waals surface area (Å²) in [6.45, 7) is 2.95. The number of ether oxygens (including phenoxy) is 1. The van der Waals surface area contributed by atoms with Gasteiger partial charge in [-0.25, -0.2) is 0 Å². The van der Waals surface area contributed by atoms with Gasteiger partial charge in [-0.2, -0.15) is 0 Å². The van der Waals surface area contributed by atoms with E-state index in [1.165, 1.54) is 11.1 Å². The first kappa shape index (κ1) is 27.6. The van der Waals surface area contributed by atoms with Gasteiger partial charge >= 0.3 is 0 Å². The Kier molecular flexibility index (Phi) is 9.71. The van der Waals surface area contributed by atoms with E-state index < -0.39 is 0 Å². The van der Waals surface area contributed by atoms with Crippen LogP contribution in [-0.4, -0.2) is 71.8 Å². The minimum absolute atomic E-state index is 0.00504. The van der Waals surface area contributed by atoms with E-state index in [1.54, 1.807) is 19.0 Å². The van der Waals surface area contributed by atoms with E-state index in [0.29, 0.717) is 6.61 Å². The molecule has 0 unspecified atom stereocenters. The van der Waals surface area contributed by atoms with E-state index in [4.69, 9.17) is 4.74 Å². The molecule has 0 aliphatic carbocycles. The van der Waals surface area contributed by atoms with Crippen molar-refractivity contribution in [1.82, 2.24) is 19.7 Å². The van der Waals surface area contributed by atoms with Crippen molar-refractivity contribution in [3.8, 4) is 5.75 Å². The van der Waals surface area contributed by atoms with Crippen molar-refractivity contribution in [3.05, 3.63) is 71.9 Å². The lowest BCUT2D eigenvalue weighted by molar-refractivity contribution is -0.138. The van der Waals surface area contributed by atoms with Crippen molar-refractivity contribution in [2.24, 2.45) is 0 Å². The SMILES string of the molecule is CN(Cc1cccc(OCC[C@H]2CCCCN2C(=O)CCC(=O)N(C)C)c1)Cc1cccc2cccnc12. The predicted molar refractivity (Wildman–Crippen MR) is 151 cm³/mol. The summed E-state index contributed by atoms with van der Waals surface area (Å²) in [6, 6.07) is 18.8. The number of rotatable bonds is 11. The Morgan fingerprint density at radius 2 is 1.82 bits per heavy atom. The van der Waals surface area contributed by atoms with Gasteiger partial charge < -0.3 is 14.5 Å². The third kappa shape index (κ3) is 7.54. The number of pyridine rings is 1. The zero-order valence-electron chi connectivity index (χ0n) is 22.9. The van der Waals surface area contributed by atoms with Crippen molar-refractivity contribution in [1.29, 1.82) is 0 Å². The van der Waals surface area contributed by atoms with Crippen LogP contribution in [-0.2, 0) is 22.7 Å². The number of para-hydroxylation sites is 1. The average molecular weight is 517 g/mol. The quantitative estimate of drug-likeness (QED) is 0.363. The number of hydrogen-bond acceptors (Lipinski definition) is 5. The third-order valence-electron chi connectivity index (χ3n) is 7.23. The molecule has 1 aromatic heterocycles. The minimum atomic E-state index is -0.00504. The Morgan fingerprint density at radius 3 is 2.66 bits per heavy atom. The van der Waals surface area contributed by atoms with Gasteiger partial charge in [-0.05, 0) is 55.6 Å². The summed E-state index contributed by atoms with van der Waals surface area (Å²) in [7, 11) is 5.57. The molecule has 0 saturated carbocycles. The van der Waals surface area contributed by atoms with Gasteiger partial charge in [-0.3, -0.25) is 19.5 Å². The van der Waals surface area contributed by atoms with Gasteiger partial charge in [-0.1, -0.05) is 36.4 Å². The van der Waals surface area contributed by atoms with Gasteiger partial charge in [0.15, 0.2) is 0 Å². The zero-order chi connectivity index (χ0) is 26.9. The van der Waals surface area contributed by atoms with Gasteiger partial charge in [0.2, 0.25) is 11.8 Å². The van der Waals surface area contributed by atoms with Crippen LogP contribution in [0.4, 0.5) is 0 Å². The Hall–Kier alpha value is -3.45. The van der Waals surface area contributed by atoms with Crippen LogP contribution in [0, 0.1) is 0 Å². The molecule has 1 fully saturated rings. The molecule has 38 heavy (non-hydrogen) atoms. The molecule has 7 heteroatoms. The first-order valence-electron chi connectivity index (χ1n) is 13.6. The molecule has 2 heterocycles. The number of amides is 2. The number of carbonyl (C=O) groups is 2. The number of nitrogens with zero attached hydrogens (tertiary/aromatic N) is 4. The summed E-state index contributed by atoms with van der Waals surface area (Å²) in [6.07, 6.45) is 6.33. The molecular weight excluding hydrogens is 476 g/mol. The van der Waals surface area contributed by atoms with E-state index in [0.717, 1.165) is 62.0 Å². The first-order chi connectivity index (χ1) is 18.4. The minimum Gasteiger partial charge on any atom is -0.494 e. The highest BCUT2D eigenvalue weighted by atomic mass is 16.5. The topological polar surface area (TPSA) is 66.0 Å². The molecule has 7 nitrogen and oxygen atoms in total. The van der Waals surface area contributed by atoms with Crippen LogP contribution < -0.4 is 4.74 Å². The average Bonchev–Trinajstić information content (AvgIpc) is 2.92. The lowest BCUT2D eigenvalue weighted by Crippen LogP contribution is -2.44. The fraction of sp³-hybridized carbons (Fsp3) is 0.452. The van der Waals surface area contributed by atoms with Crippen LogP contribution in [0.3, 0.4) is 0 Å². The van der Waals surface area contributed by atoms with Crippen molar-refractivity contribution >= 4 is 22.7 Å². The maximum atomic E-state index is 12.8. The molecule has 1 saturated heterocycles. The number of aromatic nitrogens is 1. The second-order valence-corrected chi connectivity index (χ2v) is 10.5. The first-order valence-corrected chi connectivity index (χ1v) is 13.6. The normalized spacial score (nSPS) is 15.6. The molecule has 2 amide bonds. The summed E-state index contributed by atoms with van der Waals surface area (Å²) in [4.78, 5) is 35.1. The molecular formula is C31H40N4O3. The van der Waals surface area contributed by atoms with Crippen LogP contribution in [0.5, 0.6) is 5.75 Å². The van der Waals surface area contributed by atoms with Gasteiger partial charge in [-0.15, -0.1) is 0 Å². The number of piperidine rings is 1. The Labute approximate surface area is 226 Å². The van der Waals surface area contributed by atoms with Gasteiger partial charge in [0.05, 0.1) is 12.1 Å². The Morgan fingerprint density at radius 1 is 1.00 bits per heavy atom. The second kappa shape index (κ2) is 13.4. The zero-order valence-corrected chi connectivity index (χ0v) is 22.9. The van der Waals surface area contributed by atoms with Crippen molar-refractivity contribution in [2.45, 2.75) is 57.7 Å². The fourth-order valence-electron chi connectivity index (χ4n) is 5.21. The van der Waals surface area contributed by atoms with Crippen molar-refractivity contribution in [2.75, 3.05) is 34.3 Å². The number of hydrogen-bond donors (Lipinski definition) is 0. The summed E-state index contributed by atoms with van der Waals surface area (Å²) in [5.41, 5.74) is 3.47. The lowest BCUT2D eigenvalue weighted by Gasteiger charge is -2.36. The maximum absolute atomic E-state index is 12.8.